The van der Waals surface area contributed by atoms with Crippen LogP contribution in [0.4, 0.5) is 19.0 Å². The largest absolute Gasteiger partial charge is 0.465 e. The Morgan fingerprint density at radius 1 is 1.08 bits per heavy atom. The number of nitrogens with two attached hydrogens (primary N) is 1. The van der Waals surface area contributed by atoms with Gasteiger partial charge in [0, 0.05) is 17.7 Å². The van der Waals surface area contributed by atoms with Gasteiger partial charge >= 0.3 is 12.1 Å². The summed E-state index contributed by atoms with van der Waals surface area (Å²) in [6.07, 6.45) is -0.376. The van der Waals surface area contributed by atoms with Crippen molar-refractivity contribution in [3.05, 3.63) is 89.3 Å². The molecule has 2 heterocycles. The van der Waals surface area contributed by atoms with Crippen molar-refractivity contribution in [2.45, 2.75) is 12.7 Å². The molecule has 10 heteroatoms. The van der Waals surface area contributed by atoms with Gasteiger partial charge in [0.25, 0.3) is 0 Å². The van der Waals surface area contributed by atoms with Gasteiger partial charge in [0.05, 0.1) is 24.8 Å². The van der Waals surface area contributed by atoms with Crippen LogP contribution in [0.15, 0.2) is 71.3 Å². The summed E-state index contributed by atoms with van der Waals surface area (Å²) < 4.78 is 51.6. The molecule has 0 aliphatic rings. The van der Waals surface area contributed by atoms with E-state index < -0.39 is 23.6 Å². The van der Waals surface area contributed by atoms with Crippen molar-refractivity contribution in [3.63, 3.8) is 0 Å². The topological polar surface area (TPSA) is 107 Å². The van der Waals surface area contributed by atoms with Gasteiger partial charge < -0.3 is 20.2 Å². The van der Waals surface area contributed by atoms with E-state index in [2.05, 4.69) is 15.0 Å². The summed E-state index contributed by atoms with van der Waals surface area (Å²) >= 11 is 0. The maximum atomic E-state index is 13.8. The van der Waals surface area contributed by atoms with Crippen molar-refractivity contribution < 1.29 is 31.9 Å². The second kappa shape index (κ2) is 9.95. The first-order valence-corrected chi connectivity index (χ1v) is 10.6. The normalized spacial score (nSPS) is 11.7. The molecule has 0 atom stereocenters. The molecule has 0 unspecified atom stereocenters. The second-order valence-electron chi connectivity index (χ2n) is 7.79. The zero-order valence-electron chi connectivity index (χ0n) is 18.9. The van der Waals surface area contributed by atoms with E-state index in [-0.39, 0.29) is 28.8 Å². The van der Waals surface area contributed by atoms with Crippen molar-refractivity contribution in [1.82, 2.24) is 10.3 Å². The average molecular weight is 495 g/mol. The number of nitrogens with one attached hydrogen (secondary N) is 1. The van der Waals surface area contributed by atoms with Crippen LogP contribution in [0.5, 0.6) is 0 Å². The summed E-state index contributed by atoms with van der Waals surface area (Å²) in [6, 6.07) is 13.3. The molecule has 3 N–H and O–H groups in total. The highest BCUT2D eigenvalue weighted by molar-refractivity contribution is 5.92. The van der Waals surface area contributed by atoms with Crippen LogP contribution >= 0.6 is 0 Å². The third-order valence-electron chi connectivity index (χ3n) is 5.29. The number of hydrogen-bond donors (Lipinski definition) is 2. The van der Waals surface area contributed by atoms with Crippen LogP contribution in [0.2, 0.25) is 0 Å². The van der Waals surface area contributed by atoms with Gasteiger partial charge in [-0.3, -0.25) is 4.79 Å². The number of anilines is 1. The lowest BCUT2D eigenvalue weighted by molar-refractivity contribution is -0.136. The number of rotatable bonds is 6. The number of amides is 1. The first-order valence-electron chi connectivity index (χ1n) is 10.6. The first-order chi connectivity index (χ1) is 17.1. The number of pyridine rings is 1. The van der Waals surface area contributed by atoms with Crippen LogP contribution in [-0.4, -0.2) is 24.0 Å². The van der Waals surface area contributed by atoms with Gasteiger partial charge in [-0.05, 0) is 65.2 Å². The zero-order chi connectivity index (χ0) is 25.9. The number of ether oxygens (including phenoxy) is 1. The predicted octanol–water partition coefficient (Wildman–Crippen LogP) is 5.21. The number of methoxy groups -OCH3 is 1. The van der Waals surface area contributed by atoms with E-state index in [0.717, 1.165) is 6.07 Å². The van der Waals surface area contributed by atoms with Crippen molar-refractivity contribution in [1.29, 1.82) is 0 Å². The molecule has 36 heavy (non-hydrogen) atoms. The number of aromatic nitrogens is 1. The Bertz CT molecular complexity index is 1440. The number of esters is 1. The summed E-state index contributed by atoms with van der Waals surface area (Å²) in [6.45, 7) is -0.113. The molecule has 1 amide bonds. The second-order valence-corrected chi connectivity index (χ2v) is 7.79. The lowest BCUT2D eigenvalue weighted by Crippen LogP contribution is -2.19. The van der Waals surface area contributed by atoms with Crippen molar-refractivity contribution >= 4 is 34.7 Å². The molecule has 7 nitrogen and oxygen atoms in total. The summed E-state index contributed by atoms with van der Waals surface area (Å²) in [5, 5.41) is 2.81. The molecule has 184 valence electrons. The molecule has 2 aromatic carbocycles. The number of nitrogen functional groups attached to an aromatic ring is 1. The van der Waals surface area contributed by atoms with E-state index in [1.807, 2.05) is 0 Å². The van der Waals surface area contributed by atoms with Crippen molar-refractivity contribution in [2.24, 2.45) is 0 Å². The number of carbonyl (C=O) groups is 2. The maximum Gasteiger partial charge on any atom is 0.420 e. The molecule has 0 saturated heterocycles. The molecular weight excluding hydrogens is 475 g/mol. The van der Waals surface area contributed by atoms with Gasteiger partial charge in [0.2, 0.25) is 5.91 Å². The van der Waals surface area contributed by atoms with Crippen LogP contribution in [0.1, 0.15) is 27.2 Å². The summed E-state index contributed by atoms with van der Waals surface area (Å²) in [4.78, 5) is 27.7. The summed E-state index contributed by atoms with van der Waals surface area (Å²) in [7, 11) is 1.24. The Morgan fingerprint density at radius 2 is 1.83 bits per heavy atom. The number of alkyl halides is 3. The Balaban J connectivity index is 1.57. The standard InChI is InChI=1S/C26H20F3N3O4/c1-35-25(34)17-6-4-16(5-7-17)18-10-19-11-20(36-24(19)21(12-18)26(27,28)29)14-32-23(33)9-3-15-2-8-22(30)31-13-15/h2-13H,14H2,1H3,(H2,30,31)(H,32,33). The van der Waals surface area contributed by atoms with E-state index in [1.54, 1.807) is 18.2 Å². The van der Waals surface area contributed by atoms with E-state index in [0.29, 0.717) is 22.5 Å². The average Bonchev–Trinajstić information content (AvgIpc) is 3.28. The van der Waals surface area contributed by atoms with Crippen molar-refractivity contribution in [3.8, 4) is 11.1 Å². The minimum atomic E-state index is -4.67. The van der Waals surface area contributed by atoms with Gasteiger partial charge in [-0.15, -0.1) is 0 Å². The van der Waals surface area contributed by atoms with Gasteiger partial charge in [-0.2, -0.15) is 13.2 Å². The molecule has 0 saturated carbocycles. The van der Waals surface area contributed by atoms with Crippen LogP contribution in [0, 0.1) is 0 Å². The quantitative estimate of drug-likeness (QED) is 0.281. The molecule has 0 aliphatic heterocycles. The van der Waals surface area contributed by atoms with E-state index >= 15 is 0 Å². The molecule has 4 aromatic rings. The highest BCUT2D eigenvalue weighted by atomic mass is 19.4. The maximum absolute atomic E-state index is 13.8. The molecule has 0 bridgehead atoms. The number of fused-ring (bicyclic) bond motifs is 1. The first kappa shape index (κ1) is 24.5. The lowest BCUT2D eigenvalue weighted by atomic mass is 9.99. The molecule has 4 rings (SSSR count). The van der Waals surface area contributed by atoms with Gasteiger partial charge in [0.1, 0.15) is 17.2 Å². The van der Waals surface area contributed by atoms with Crippen molar-refractivity contribution in [2.75, 3.05) is 12.8 Å². The number of furan rings is 1. The van der Waals surface area contributed by atoms with E-state index in [4.69, 9.17) is 10.2 Å². The molecular formula is C26H20F3N3O4. The number of benzene rings is 2. The Hall–Kier alpha value is -4.60. The highest BCUT2D eigenvalue weighted by Crippen LogP contribution is 2.39. The van der Waals surface area contributed by atoms with Crippen LogP contribution in [0.3, 0.4) is 0 Å². The minimum absolute atomic E-state index is 0.113. The van der Waals surface area contributed by atoms with E-state index in [1.165, 1.54) is 55.8 Å². The monoisotopic (exact) mass is 495 g/mol. The van der Waals surface area contributed by atoms with Gasteiger partial charge in [-0.1, -0.05) is 12.1 Å². The van der Waals surface area contributed by atoms with Crippen LogP contribution in [-0.2, 0) is 22.3 Å². The highest BCUT2D eigenvalue weighted by Gasteiger charge is 2.35. The molecule has 0 radical (unpaired) electrons. The Labute approximate surface area is 203 Å². The Morgan fingerprint density at radius 3 is 2.47 bits per heavy atom. The van der Waals surface area contributed by atoms with E-state index in [9.17, 15) is 22.8 Å². The lowest BCUT2D eigenvalue weighted by Gasteiger charge is -2.10. The number of carbonyl (C=O) groups excluding carboxylic acids is 2. The van der Waals surface area contributed by atoms with Crippen LogP contribution in [0.25, 0.3) is 28.2 Å². The van der Waals surface area contributed by atoms with Gasteiger partial charge in [0.15, 0.2) is 0 Å². The fourth-order valence-corrected chi connectivity index (χ4v) is 3.51. The summed E-state index contributed by atoms with van der Waals surface area (Å²) in [5.74, 6) is -0.505. The summed E-state index contributed by atoms with van der Waals surface area (Å²) in [5.41, 5.74) is 5.95. The fourth-order valence-electron chi connectivity index (χ4n) is 3.51. The zero-order valence-corrected chi connectivity index (χ0v) is 18.9. The third-order valence-corrected chi connectivity index (χ3v) is 5.29. The number of halogens is 3. The molecule has 0 aliphatic carbocycles. The molecule has 0 fully saturated rings. The molecule has 2 aromatic heterocycles. The fraction of sp³-hybridized carbons (Fsp3) is 0.115. The van der Waals surface area contributed by atoms with Crippen LogP contribution < -0.4 is 11.1 Å². The number of hydrogen-bond acceptors (Lipinski definition) is 6. The SMILES string of the molecule is COC(=O)c1ccc(-c2cc(C(F)(F)F)c3oc(CNC(=O)C=Cc4ccc(N)nc4)cc3c2)cc1. The minimum Gasteiger partial charge on any atom is -0.465 e. The smallest absolute Gasteiger partial charge is 0.420 e. The third kappa shape index (κ3) is 5.54. The predicted molar refractivity (Wildman–Crippen MR) is 128 cm³/mol. The van der Waals surface area contributed by atoms with Gasteiger partial charge in [-0.25, -0.2) is 9.78 Å². The Kier molecular flexibility index (Phi) is 6.77. The number of nitrogens with zero attached hydrogens (tertiary/aromatic N) is 1. The molecule has 0 spiro atoms.